The molecule has 2 unspecified atom stereocenters. The van der Waals surface area contributed by atoms with Gasteiger partial charge < -0.3 is 9.67 Å². The smallest absolute Gasteiger partial charge is 0.287 e. The summed E-state index contributed by atoms with van der Waals surface area (Å²) in [6.45, 7) is 6.32. The van der Waals surface area contributed by atoms with Gasteiger partial charge in [-0.1, -0.05) is 55.0 Å². The van der Waals surface area contributed by atoms with E-state index < -0.39 is 11.9 Å². The van der Waals surface area contributed by atoms with Gasteiger partial charge in [0.05, 0.1) is 23.8 Å². The lowest BCUT2D eigenvalue weighted by atomic mass is 9.89. The Labute approximate surface area is 229 Å². The molecule has 1 aliphatic carbocycles. The van der Waals surface area contributed by atoms with E-state index in [2.05, 4.69) is 22.1 Å². The van der Waals surface area contributed by atoms with E-state index in [9.17, 15) is 14.7 Å². The summed E-state index contributed by atoms with van der Waals surface area (Å²) >= 11 is 1.58. The van der Waals surface area contributed by atoms with Crippen LogP contribution in [0.1, 0.15) is 47.9 Å². The molecule has 0 aliphatic heterocycles. The fourth-order valence-electron chi connectivity index (χ4n) is 5.33. The summed E-state index contributed by atoms with van der Waals surface area (Å²) in [5.41, 5.74) is 4.04. The third-order valence-electron chi connectivity index (χ3n) is 7.64. The van der Waals surface area contributed by atoms with Crippen molar-refractivity contribution in [2.45, 2.75) is 52.6 Å². The van der Waals surface area contributed by atoms with Crippen LogP contribution in [0, 0.1) is 12.8 Å². The summed E-state index contributed by atoms with van der Waals surface area (Å²) in [4.78, 5) is 33.0. The summed E-state index contributed by atoms with van der Waals surface area (Å²) in [5, 5.41) is 20.5. The van der Waals surface area contributed by atoms with E-state index >= 15 is 0 Å². The first kappa shape index (κ1) is 25.2. The number of aryl methyl sites for hydroxylation is 2. The van der Waals surface area contributed by atoms with Crippen LogP contribution in [0.5, 0.6) is 5.88 Å². The van der Waals surface area contributed by atoms with E-state index in [4.69, 9.17) is 0 Å². The molecule has 1 N–H and O–H groups in total. The van der Waals surface area contributed by atoms with Gasteiger partial charge in [-0.15, -0.1) is 21.6 Å². The predicted octanol–water partition coefficient (Wildman–Crippen LogP) is 6.47. The number of fused-ring (bicyclic) bond motifs is 4. The number of hydrogen-bond donors (Lipinski definition) is 1. The Balaban J connectivity index is 1.32. The Morgan fingerprint density at radius 1 is 1.21 bits per heavy atom. The standard InChI is InChI=1S/C30H29N5O3S/c1-17-8-11-20(12-9-17)15-34-23-7-5-4-6-21(23)26(30(34)38)32-33-27(36)19(3)35-16-31-28-25(29(35)37)22-13-10-18(2)14-24(22)39-28/h4-9,11-12,16,18-19,38H,10,13-15H2,1-3H3. The Hall–Kier alpha value is -4.11. The predicted molar refractivity (Wildman–Crippen MR) is 153 cm³/mol. The number of benzene rings is 2. The van der Waals surface area contributed by atoms with Crippen molar-refractivity contribution in [3.63, 3.8) is 0 Å². The molecule has 1 aliphatic rings. The minimum absolute atomic E-state index is 0.0691. The molecule has 198 valence electrons. The average molecular weight is 540 g/mol. The first-order chi connectivity index (χ1) is 18.8. The SMILES string of the molecule is Cc1ccc(Cn2c(O)c(N=NC(=O)C(C)n3cnc4sc5c(c4c3=O)CCC(C)C5)c3ccccc32)cc1. The molecular weight excluding hydrogens is 510 g/mol. The maximum atomic E-state index is 13.5. The number of amides is 1. The van der Waals surface area contributed by atoms with Gasteiger partial charge in [0.2, 0.25) is 5.88 Å². The van der Waals surface area contributed by atoms with Gasteiger partial charge in [0.1, 0.15) is 10.9 Å². The summed E-state index contributed by atoms with van der Waals surface area (Å²) < 4.78 is 3.10. The highest BCUT2D eigenvalue weighted by Crippen LogP contribution is 2.39. The summed E-state index contributed by atoms with van der Waals surface area (Å²) in [7, 11) is 0. The van der Waals surface area contributed by atoms with Crippen LogP contribution in [0.2, 0.25) is 0 Å². The highest BCUT2D eigenvalue weighted by atomic mass is 32.1. The maximum absolute atomic E-state index is 13.5. The van der Waals surface area contributed by atoms with Gasteiger partial charge in [0.25, 0.3) is 11.5 Å². The molecule has 3 heterocycles. The maximum Gasteiger partial charge on any atom is 0.287 e. The number of carbonyl (C=O) groups excluding carboxylic acids is 1. The van der Waals surface area contributed by atoms with Crippen molar-refractivity contribution >= 4 is 44.1 Å². The lowest BCUT2D eigenvalue weighted by Crippen LogP contribution is -2.28. The Kier molecular flexibility index (Phi) is 6.38. The van der Waals surface area contributed by atoms with Gasteiger partial charge in [-0.2, -0.15) is 0 Å². The van der Waals surface area contributed by atoms with Crippen molar-refractivity contribution in [3.8, 4) is 5.88 Å². The Bertz CT molecular complexity index is 1810. The topological polar surface area (TPSA) is 102 Å². The molecule has 8 nitrogen and oxygen atoms in total. The largest absolute Gasteiger partial charge is 0.493 e. The number of carbonyl (C=O) groups is 1. The van der Waals surface area contributed by atoms with E-state index in [1.54, 1.807) is 22.8 Å². The molecule has 2 aromatic carbocycles. The number of thiophene rings is 1. The van der Waals surface area contributed by atoms with Crippen molar-refractivity contribution in [2.24, 2.45) is 16.1 Å². The molecule has 0 fully saturated rings. The quantitative estimate of drug-likeness (QED) is 0.259. The molecule has 9 heteroatoms. The minimum Gasteiger partial charge on any atom is -0.493 e. The van der Waals surface area contributed by atoms with E-state index in [-0.39, 0.29) is 17.1 Å². The van der Waals surface area contributed by atoms with Crippen LogP contribution < -0.4 is 5.56 Å². The lowest BCUT2D eigenvalue weighted by Gasteiger charge is -2.17. The molecule has 2 atom stereocenters. The van der Waals surface area contributed by atoms with Crippen LogP contribution >= 0.6 is 11.3 Å². The van der Waals surface area contributed by atoms with Crippen molar-refractivity contribution < 1.29 is 9.90 Å². The number of para-hydroxylation sites is 1. The zero-order valence-electron chi connectivity index (χ0n) is 22.1. The summed E-state index contributed by atoms with van der Waals surface area (Å²) in [6, 6.07) is 14.7. The number of rotatable bonds is 5. The Morgan fingerprint density at radius 3 is 2.77 bits per heavy atom. The molecule has 1 amide bonds. The third kappa shape index (κ3) is 4.46. The van der Waals surface area contributed by atoms with Crippen LogP contribution in [0.15, 0.2) is 69.9 Å². The van der Waals surface area contributed by atoms with Crippen LogP contribution in [-0.2, 0) is 24.2 Å². The van der Waals surface area contributed by atoms with E-state index in [0.717, 1.165) is 46.3 Å². The Morgan fingerprint density at radius 2 is 1.97 bits per heavy atom. The molecule has 39 heavy (non-hydrogen) atoms. The van der Waals surface area contributed by atoms with Gasteiger partial charge in [-0.3, -0.25) is 14.2 Å². The van der Waals surface area contributed by atoms with Gasteiger partial charge in [-0.05, 0) is 56.2 Å². The molecule has 0 spiro atoms. The number of aromatic hydroxyl groups is 1. The molecular formula is C30H29N5O3S. The highest BCUT2D eigenvalue weighted by molar-refractivity contribution is 7.18. The molecule has 0 saturated heterocycles. The number of azo groups is 1. The van der Waals surface area contributed by atoms with Gasteiger partial charge >= 0.3 is 0 Å². The number of aromatic nitrogens is 3. The molecule has 0 radical (unpaired) electrons. The van der Waals surface area contributed by atoms with Crippen LogP contribution in [-0.4, -0.2) is 25.1 Å². The number of nitrogens with zero attached hydrogens (tertiary/aromatic N) is 5. The van der Waals surface area contributed by atoms with Crippen LogP contribution in [0.25, 0.3) is 21.1 Å². The third-order valence-corrected chi connectivity index (χ3v) is 8.81. The molecule has 0 bridgehead atoms. The number of hydrogen-bond acceptors (Lipinski definition) is 6. The van der Waals surface area contributed by atoms with E-state index in [1.807, 2.05) is 55.5 Å². The average Bonchev–Trinajstić information content (AvgIpc) is 3.43. The van der Waals surface area contributed by atoms with Crippen LogP contribution in [0.3, 0.4) is 0 Å². The van der Waals surface area contributed by atoms with Crippen molar-refractivity contribution in [1.29, 1.82) is 0 Å². The molecule has 0 saturated carbocycles. The van der Waals surface area contributed by atoms with Crippen molar-refractivity contribution in [3.05, 3.63) is 86.8 Å². The zero-order valence-corrected chi connectivity index (χ0v) is 22.9. The van der Waals surface area contributed by atoms with Gasteiger partial charge in [0, 0.05) is 10.3 Å². The van der Waals surface area contributed by atoms with Crippen LogP contribution in [0.4, 0.5) is 5.69 Å². The van der Waals surface area contributed by atoms with Crippen molar-refractivity contribution in [1.82, 2.24) is 14.1 Å². The van der Waals surface area contributed by atoms with E-state index in [1.165, 1.54) is 15.8 Å². The fraction of sp³-hybridized carbons (Fsp3) is 0.300. The summed E-state index contributed by atoms with van der Waals surface area (Å²) in [6.07, 6.45) is 4.28. The minimum atomic E-state index is -0.890. The van der Waals surface area contributed by atoms with Gasteiger partial charge in [0.15, 0.2) is 5.69 Å². The summed E-state index contributed by atoms with van der Waals surface area (Å²) in [5.74, 6) is -0.0703. The molecule has 6 rings (SSSR count). The molecule has 5 aromatic rings. The monoisotopic (exact) mass is 539 g/mol. The molecule has 3 aromatic heterocycles. The second kappa shape index (κ2) is 9.89. The second-order valence-electron chi connectivity index (χ2n) is 10.5. The first-order valence-electron chi connectivity index (χ1n) is 13.1. The highest BCUT2D eigenvalue weighted by Gasteiger charge is 2.25. The zero-order chi connectivity index (χ0) is 27.3. The van der Waals surface area contributed by atoms with Crippen molar-refractivity contribution in [2.75, 3.05) is 0 Å². The van der Waals surface area contributed by atoms with E-state index in [0.29, 0.717) is 23.2 Å². The normalized spacial score (nSPS) is 16.2. The lowest BCUT2D eigenvalue weighted by molar-refractivity contribution is -0.121. The van der Waals surface area contributed by atoms with Gasteiger partial charge in [-0.25, -0.2) is 4.98 Å². The second-order valence-corrected chi connectivity index (χ2v) is 11.5. The fourth-order valence-corrected chi connectivity index (χ4v) is 6.67. The first-order valence-corrected chi connectivity index (χ1v) is 14.0.